The number of allylic oxidation sites excluding steroid dienone is 2. The molecule has 3 heteroatoms. The molecule has 0 saturated heterocycles. The third-order valence-electron chi connectivity index (χ3n) is 1.33. The quantitative estimate of drug-likeness (QED) is 0.827. The number of rotatable bonds is 3. The molecule has 0 aliphatic heterocycles. The molecule has 2 N–H and O–H groups in total. The van der Waals surface area contributed by atoms with Crippen LogP contribution in [0.4, 0.5) is 0 Å². The van der Waals surface area contributed by atoms with Crippen molar-refractivity contribution in [1.29, 1.82) is 0 Å². The van der Waals surface area contributed by atoms with Crippen molar-refractivity contribution in [3.05, 3.63) is 20.4 Å². The van der Waals surface area contributed by atoms with Crippen LogP contribution in [0.25, 0.3) is 0 Å². The van der Waals surface area contributed by atoms with Crippen molar-refractivity contribution in [2.45, 2.75) is 33.7 Å². The monoisotopic (exact) mass is 249 g/mol. The third kappa shape index (κ3) is 4.33. The molecule has 0 amide bonds. The summed E-state index contributed by atoms with van der Waals surface area (Å²) in [5.41, 5.74) is 7.04. The maximum atomic E-state index is 5.76. The van der Waals surface area contributed by atoms with E-state index < -0.39 is 0 Å². The average molecular weight is 250 g/mol. The largest absolute Gasteiger partial charge is 0.324 e. The van der Waals surface area contributed by atoms with E-state index in [1.165, 1.54) is 10.5 Å². The van der Waals surface area contributed by atoms with Gasteiger partial charge >= 0.3 is 0 Å². The molecule has 0 aliphatic rings. The molecule has 1 unspecified atom stereocenters. The van der Waals surface area contributed by atoms with E-state index >= 15 is 0 Å². The molecule has 0 aromatic heterocycles. The first-order chi connectivity index (χ1) is 5.49. The van der Waals surface area contributed by atoms with Gasteiger partial charge in [0.2, 0.25) is 0 Å². The van der Waals surface area contributed by atoms with Gasteiger partial charge in [0.05, 0.1) is 3.81 Å². The Kier molecular flexibility index (Phi) is 5.97. The van der Waals surface area contributed by atoms with Crippen molar-refractivity contribution >= 4 is 27.7 Å². The van der Waals surface area contributed by atoms with Crippen LogP contribution in [0.5, 0.6) is 0 Å². The SMILES string of the molecule is C/C=C(\SC(Br)=C(C)C)C(C)N. The fourth-order valence-corrected chi connectivity index (χ4v) is 1.90. The molecule has 70 valence electrons. The number of hydrogen-bond donors (Lipinski definition) is 1. The van der Waals surface area contributed by atoms with E-state index in [4.69, 9.17) is 5.73 Å². The van der Waals surface area contributed by atoms with Crippen molar-refractivity contribution in [2.24, 2.45) is 5.73 Å². The van der Waals surface area contributed by atoms with Gasteiger partial charge in [-0.3, -0.25) is 0 Å². The summed E-state index contributed by atoms with van der Waals surface area (Å²) in [6.45, 7) is 8.15. The van der Waals surface area contributed by atoms with E-state index in [9.17, 15) is 0 Å². The highest BCUT2D eigenvalue weighted by atomic mass is 79.9. The minimum atomic E-state index is 0.117. The smallest absolute Gasteiger partial charge is 0.0535 e. The van der Waals surface area contributed by atoms with Gasteiger partial charge in [0, 0.05) is 10.9 Å². The van der Waals surface area contributed by atoms with Crippen molar-refractivity contribution < 1.29 is 0 Å². The van der Waals surface area contributed by atoms with Crippen LogP contribution in [0.3, 0.4) is 0 Å². The van der Waals surface area contributed by atoms with E-state index in [1.54, 1.807) is 11.8 Å². The van der Waals surface area contributed by atoms with Crippen molar-refractivity contribution in [3.63, 3.8) is 0 Å². The molecule has 12 heavy (non-hydrogen) atoms. The summed E-state index contributed by atoms with van der Waals surface area (Å²) in [5, 5.41) is 0. The van der Waals surface area contributed by atoms with Crippen LogP contribution in [0.1, 0.15) is 27.7 Å². The minimum absolute atomic E-state index is 0.117. The van der Waals surface area contributed by atoms with E-state index in [1.807, 2.05) is 13.8 Å². The number of nitrogens with two attached hydrogens (primary N) is 1. The predicted molar refractivity (Wildman–Crippen MR) is 62.3 cm³/mol. The highest BCUT2D eigenvalue weighted by molar-refractivity contribution is 9.14. The fourth-order valence-electron chi connectivity index (χ4n) is 0.620. The van der Waals surface area contributed by atoms with Gasteiger partial charge in [-0.2, -0.15) is 0 Å². The first kappa shape index (κ1) is 12.3. The molecule has 0 heterocycles. The summed E-state index contributed by atoms with van der Waals surface area (Å²) in [6.07, 6.45) is 2.06. The van der Waals surface area contributed by atoms with Gasteiger partial charge in [0.15, 0.2) is 0 Å². The van der Waals surface area contributed by atoms with Crippen molar-refractivity contribution in [1.82, 2.24) is 0 Å². The van der Waals surface area contributed by atoms with Gasteiger partial charge < -0.3 is 5.73 Å². The van der Waals surface area contributed by atoms with Crippen LogP contribution in [0.2, 0.25) is 0 Å². The van der Waals surface area contributed by atoms with Crippen LogP contribution in [0, 0.1) is 0 Å². The van der Waals surface area contributed by atoms with Crippen molar-refractivity contribution in [2.75, 3.05) is 0 Å². The molecule has 0 aliphatic carbocycles. The second-order valence-corrected chi connectivity index (χ2v) is 5.26. The average Bonchev–Trinajstić information content (AvgIpc) is 1.98. The van der Waals surface area contributed by atoms with E-state index in [2.05, 4.69) is 35.9 Å². The van der Waals surface area contributed by atoms with E-state index in [0.29, 0.717) is 0 Å². The standard InChI is InChI=1S/C9H16BrNS/c1-5-8(7(4)11)12-9(10)6(2)3/h5,7H,11H2,1-4H3/b8-5-. The Labute approximate surface area is 87.6 Å². The lowest BCUT2D eigenvalue weighted by atomic mass is 10.3. The molecule has 0 aromatic carbocycles. The molecule has 0 radical (unpaired) electrons. The lowest BCUT2D eigenvalue weighted by Gasteiger charge is -2.10. The van der Waals surface area contributed by atoms with Gasteiger partial charge in [-0.25, -0.2) is 0 Å². The second kappa shape index (κ2) is 5.84. The Morgan fingerprint density at radius 3 is 2.25 bits per heavy atom. The summed E-state index contributed by atoms with van der Waals surface area (Å²) in [4.78, 5) is 1.20. The Hall–Kier alpha value is 0.270. The highest BCUT2D eigenvalue weighted by Crippen LogP contribution is 2.33. The Bertz CT molecular complexity index is 203. The first-order valence-corrected chi connectivity index (χ1v) is 5.52. The molecule has 0 saturated carbocycles. The highest BCUT2D eigenvalue weighted by Gasteiger charge is 2.05. The second-order valence-electron chi connectivity index (χ2n) is 2.86. The molecular formula is C9H16BrNS. The zero-order valence-electron chi connectivity index (χ0n) is 8.02. The maximum Gasteiger partial charge on any atom is 0.0535 e. The summed E-state index contributed by atoms with van der Waals surface area (Å²) in [7, 11) is 0. The summed E-state index contributed by atoms with van der Waals surface area (Å²) < 4.78 is 1.16. The minimum Gasteiger partial charge on any atom is -0.324 e. The zero-order chi connectivity index (χ0) is 9.72. The van der Waals surface area contributed by atoms with E-state index in [-0.39, 0.29) is 6.04 Å². The molecule has 0 bridgehead atoms. The zero-order valence-corrected chi connectivity index (χ0v) is 10.4. The molecule has 1 nitrogen and oxygen atoms in total. The predicted octanol–water partition coefficient (Wildman–Crippen LogP) is 3.62. The van der Waals surface area contributed by atoms with Crippen LogP contribution in [0.15, 0.2) is 20.4 Å². The summed E-state index contributed by atoms with van der Waals surface area (Å²) in [6, 6.07) is 0.117. The lowest BCUT2D eigenvalue weighted by Crippen LogP contribution is -2.15. The molecular weight excluding hydrogens is 234 g/mol. The molecule has 1 atom stereocenters. The summed E-state index contributed by atoms with van der Waals surface area (Å²) >= 11 is 5.19. The molecule has 0 fully saturated rings. The van der Waals surface area contributed by atoms with Gasteiger partial charge in [-0.1, -0.05) is 23.4 Å². The molecule has 0 spiro atoms. The lowest BCUT2D eigenvalue weighted by molar-refractivity contribution is 0.910. The molecule has 0 aromatic rings. The van der Waals surface area contributed by atoms with Gasteiger partial charge in [0.1, 0.15) is 0 Å². The van der Waals surface area contributed by atoms with Crippen LogP contribution >= 0.6 is 27.7 Å². The van der Waals surface area contributed by atoms with Gasteiger partial charge in [-0.05, 0) is 43.6 Å². The molecule has 0 rings (SSSR count). The third-order valence-corrected chi connectivity index (χ3v) is 4.04. The van der Waals surface area contributed by atoms with Gasteiger partial charge in [-0.15, -0.1) is 0 Å². The topological polar surface area (TPSA) is 26.0 Å². The normalized spacial score (nSPS) is 14.3. The number of halogens is 1. The Morgan fingerprint density at radius 2 is 2.00 bits per heavy atom. The Morgan fingerprint density at radius 1 is 1.50 bits per heavy atom. The first-order valence-electron chi connectivity index (χ1n) is 3.91. The Balaban J connectivity index is 4.35. The fraction of sp³-hybridized carbons (Fsp3) is 0.556. The van der Waals surface area contributed by atoms with Crippen molar-refractivity contribution in [3.8, 4) is 0 Å². The maximum absolute atomic E-state index is 5.76. The van der Waals surface area contributed by atoms with Crippen LogP contribution in [-0.4, -0.2) is 6.04 Å². The number of thioether (sulfide) groups is 1. The van der Waals surface area contributed by atoms with Crippen LogP contribution in [-0.2, 0) is 0 Å². The summed E-state index contributed by atoms with van der Waals surface area (Å²) in [5.74, 6) is 0. The van der Waals surface area contributed by atoms with E-state index in [0.717, 1.165) is 3.81 Å². The van der Waals surface area contributed by atoms with Crippen LogP contribution < -0.4 is 5.73 Å². The van der Waals surface area contributed by atoms with Gasteiger partial charge in [0.25, 0.3) is 0 Å². The number of hydrogen-bond acceptors (Lipinski definition) is 2.